The second-order valence-corrected chi connectivity index (χ2v) is 7.73. The van der Waals surface area contributed by atoms with E-state index in [9.17, 15) is 0 Å². The molecule has 0 aromatic carbocycles. The number of fused-ring (bicyclic) bond motifs is 2. The summed E-state index contributed by atoms with van der Waals surface area (Å²) >= 11 is 0. The van der Waals surface area contributed by atoms with Crippen molar-refractivity contribution in [3.63, 3.8) is 0 Å². The molecule has 0 amide bonds. The van der Waals surface area contributed by atoms with Crippen molar-refractivity contribution in [1.82, 2.24) is 30.1 Å². The van der Waals surface area contributed by atoms with Crippen LogP contribution in [-0.2, 0) is 0 Å². The quantitative estimate of drug-likeness (QED) is 0.468. The minimum atomic E-state index is 0.809. The van der Waals surface area contributed by atoms with E-state index in [2.05, 4.69) is 36.1 Å². The fraction of sp³-hybridized carbons (Fsp3) is 0.217. The van der Waals surface area contributed by atoms with Crippen molar-refractivity contribution in [2.24, 2.45) is 0 Å². The van der Waals surface area contributed by atoms with E-state index in [1.54, 1.807) is 6.20 Å². The van der Waals surface area contributed by atoms with Crippen molar-refractivity contribution in [2.45, 2.75) is 19.3 Å². The molecular formula is C23H21N7. The third-order valence-corrected chi connectivity index (χ3v) is 5.81. The first-order chi connectivity index (χ1) is 14.9. The summed E-state index contributed by atoms with van der Waals surface area (Å²) in [6, 6.07) is 12.0. The molecule has 0 atom stereocenters. The van der Waals surface area contributed by atoms with Gasteiger partial charge in [-0.3, -0.25) is 15.1 Å². The maximum atomic E-state index is 4.86. The number of rotatable bonds is 3. The summed E-state index contributed by atoms with van der Waals surface area (Å²) in [5.41, 5.74) is 7.37. The maximum absolute atomic E-state index is 4.86. The summed E-state index contributed by atoms with van der Waals surface area (Å²) in [5.74, 6) is 0. The van der Waals surface area contributed by atoms with E-state index in [1.165, 1.54) is 30.3 Å². The minimum absolute atomic E-state index is 0.809. The highest BCUT2D eigenvalue weighted by Crippen LogP contribution is 2.33. The van der Waals surface area contributed by atoms with E-state index in [1.807, 2.05) is 42.7 Å². The number of hydrogen-bond acceptors (Lipinski definition) is 5. The average molecular weight is 395 g/mol. The third kappa shape index (κ3) is 2.82. The van der Waals surface area contributed by atoms with Crippen molar-refractivity contribution in [2.75, 3.05) is 18.0 Å². The molecule has 148 valence electrons. The van der Waals surface area contributed by atoms with Gasteiger partial charge in [-0.15, -0.1) is 0 Å². The standard InChI is InChI=1S/C23H21N7/c1-4-10-30(11-5-1)21-14-24-13-20-15(21)12-19(26-20)23-22-18(28-29-23)8-7-17(27-22)16-6-2-3-9-25-16/h2-3,6-9,12-14,26H,1,4-5,10-11H2,(H,28,29). The van der Waals surface area contributed by atoms with Gasteiger partial charge in [0.25, 0.3) is 0 Å². The minimum Gasteiger partial charge on any atom is -0.370 e. The molecule has 1 aliphatic heterocycles. The number of hydrogen-bond donors (Lipinski definition) is 2. The molecule has 6 heterocycles. The van der Waals surface area contributed by atoms with Crippen LogP contribution in [0.25, 0.3) is 44.7 Å². The zero-order valence-corrected chi connectivity index (χ0v) is 16.5. The highest BCUT2D eigenvalue weighted by Gasteiger charge is 2.18. The van der Waals surface area contributed by atoms with Crippen LogP contribution < -0.4 is 4.90 Å². The largest absolute Gasteiger partial charge is 0.370 e. The van der Waals surface area contributed by atoms with Gasteiger partial charge in [0.15, 0.2) is 0 Å². The van der Waals surface area contributed by atoms with Crippen LogP contribution in [0.4, 0.5) is 5.69 Å². The van der Waals surface area contributed by atoms with Crippen LogP contribution in [0, 0.1) is 0 Å². The number of anilines is 1. The van der Waals surface area contributed by atoms with Crippen molar-refractivity contribution in [1.29, 1.82) is 0 Å². The molecule has 0 radical (unpaired) electrons. The van der Waals surface area contributed by atoms with Crippen molar-refractivity contribution >= 4 is 27.6 Å². The molecule has 5 aromatic heterocycles. The predicted octanol–water partition coefficient (Wildman–Crippen LogP) is 4.55. The summed E-state index contributed by atoms with van der Waals surface area (Å²) in [4.78, 5) is 19.7. The summed E-state index contributed by atoms with van der Waals surface area (Å²) in [7, 11) is 0. The van der Waals surface area contributed by atoms with Crippen LogP contribution >= 0.6 is 0 Å². The lowest BCUT2D eigenvalue weighted by Crippen LogP contribution is -2.29. The first-order valence-electron chi connectivity index (χ1n) is 10.4. The Balaban J connectivity index is 1.47. The van der Waals surface area contributed by atoms with E-state index in [-0.39, 0.29) is 0 Å². The number of nitrogens with one attached hydrogen (secondary N) is 2. The maximum Gasteiger partial charge on any atom is 0.135 e. The highest BCUT2D eigenvalue weighted by molar-refractivity contribution is 5.98. The van der Waals surface area contributed by atoms with E-state index >= 15 is 0 Å². The second-order valence-electron chi connectivity index (χ2n) is 7.73. The molecule has 2 N–H and O–H groups in total. The van der Waals surface area contributed by atoms with Gasteiger partial charge in [0.1, 0.15) is 11.2 Å². The normalized spacial score (nSPS) is 14.6. The first kappa shape index (κ1) is 17.1. The van der Waals surface area contributed by atoms with Gasteiger partial charge in [-0.25, -0.2) is 4.98 Å². The van der Waals surface area contributed by atoms with Gasteiger partial charge in [-0.1, -0.05) is 6.07 Å². The SMILES string of the molecule is c1ccc(-c2ccc3[nH]nc(-c4cc5c(N6CCCCC6)cncc5[nH]4)c3n2)nc1. The molecular weight excluding hydrogens is 374 g/mol. The molecule has 5 aromatic rings. The van der Waals surface area contributed by atoms with E-state index < -0.39 is 0 Å². The lowest BCUT2D eigenvalue weighted by molar-refractivity contribution is 0.578. The Bertz CT molecular complexity index is 1330. The number of H-pyrrole nitrogens is 2. The number of nitrogens with zero attached hydrogens (tertiary/aromatic N) is 5. The fourth-order valence-corrected chi connectivity index (χ4v) is 4.29. The highest BCUT2D eigenvalue weighted by atomic mass is 15.1. The molecule has 1 saturated heterocycles. The van der Waals surface area contributed by atoms with Crippen LogP contribution in [0.5, 0.6) is 0 Å². The van der Waals surface area contributed by atoms with Crippen molar-refractivity contribution < 1.29 is 0 Å². The smallest absolute Gasteiger partial charge is 0.135 e. The van der Waals surface area contributed by atoms with E-state index in [0.29, 0.717) is 0 Å². The Morgan fingerprint density at radius 1 is 0.900 bits per heavy atom. The van der Waals surface area contributed by atoms with Gasteiger partial charge in [-0.2, -0.15) is 5.10 Å². The Morgan fingerprint density at radius 3 is 2.70 bits per heavy atom. The number of pyridine rings is 3. The van der Waals surface area contributed by atoms with Gasteiger partial charge in [0.05, 0.1) is 46.2 Å². The number of piperidine rings is 1. The lowest BCUT2D eigenvalue weighted by atomic mass is 10.1. The fourth-order valence-electron chi connectivity index (χ4n) is 4.29. The third-order valence-electron chi connectivity index (χ3n) is 5.81. The Labute approximate surface area is 173 Å². The molecule has 1 aliphatic rings. The van der Waals surface area contributed by atoms with E-state index in [4.69, 9.17) is 4.98 Å². The molecule has 0 saturated carbocycles. The summed E-state index contributed by atoms with van der Waals surface area (Å²) < 4.78 is 0. The molecule has 0 unspecified atom stereocenters. The number of aromatic nitrogens is 6. The first-order valence-corrected chi connectivity index (χ1v) is 10.4. The van der Waals surface area contributed by atoms with Crippen LogP contribution in [0.2, 0.25) is 0 Å². The molecule has 7 nitrogen and oxygen atoms in total. The molecule has 1 fully saturated rings. The molecule has 7 heteroatoms. The zero-order valence-electron chi connectivity index (χ0n) is 16.5. The van der Waals surface area contributed by atoms with Gasteiger partial charge < -0.3 is 9.88 Å². The molecule has 6 rings (SSSR count). The molecule has 0 aliphatic carbocycles. The van der Waals surface area contributed by atoms with Crippen molar-refractivity contribution in [3.05, 3.63) is 55.0 Å². The van der Waals surface area contributed by atoms with Crippen LogP contribution in [0.3, 0.4) is 0 Å². The van der Waals surface area contributed by atoms with Crippen LogP contribution in [0.15, 0.2) is 55.0 Å². The van der Waals surface area contributed by atoms with Gasteiger partial charge in [0, 0.05) is 24.7 Å². The second kappa shape index (κ2) is 6.95. The number of aromatic amines is 2. The monoisotopic (exact) mass is 395 g/mol. The zero-order chi connectivity index (χ0) is 19.9. The Kier molecular flexibility index (Phi) is 3.97. The predicted molar refractivity (Wildman–Crippen MR) is 118 cm³/mol. The van der Waals surface area contributed by atoms with Crippen molar-refractivity contribution in [3.8, 4) is 22.8 Å². The lowest BCUT2D eigenvalue weighted by Gasteiger charge is -2.28. The molecule has 0 bridgehead atoms. The molecule has 0 spiro atoms. The topological polar surface area (TPSA) is 86.4 Å². The molecule has 30 heavy (non-hydrogen) atoms. The van der Waals surface area contributed by atoms with Crippen LogP contribution in [-0.4, -0.2) is 43.2 Å². The van der Waals surface area contributed by atoms with Gasteiger partial charge >= 0.3 is 0 Å². The van der Waals surface area contributed by atoms with Gasteiger partial charge in [-0.05, 0) is 49.6 Å². The summed E-state index contributed by atoms with van der Waals surface area (Å²) in [6.07, 6.45) is 9.42. The average Bonchev–Trinajstić information content (AvgIpc) is 3.43. The summed E-state index contributed by atoms with van der Waals surface area (Å²) in [6.45, 7) is 2.17. The van der Waals surface area contributed by atoms with Gasteiger partial charge in [0.2, 0.25) is 0 Å². The van der Waals surface area contributed by atoms with E-state index in [0.717, 1.165) is 52.4 Å². The Hall–Kier alpha value is -3.74. The van der Waals surface area contributed by atoms with Crippen LogP contribution in [0.1, 0.15) is 19.3 Å². The summed E-state index contributed by atoms with van der Waals surface area (Å²) in [5, 5.41) is 8.85. The Morgan fingerprint density at radius 2 is 1.83 bits per heavy atom.